The zero-order chi connectivity index (χ0) is 20.1. The Bertz CT molecular complexity index is 1080. The number of ether oxygens (including phenoxy) is 3. The normalized spacial score (nSPS) is 11.5. The van der Waals surface area contributed by atoms with Gasteiger partial charge in [-0.25, -0.2) is 0 Å². The first kappa shape index (κ1) is 19.6. The molecule has 0 aliphatic rings. The van der Waals surface area contributed by atoms with Gasteiger partial charge in [0.2, 0.25) is 0 Å². The lowest BCUT2D eigenvalue weighted by Gasteiger charge is -2.05. The fourth-order valence-electron chi connectivity index (χ4n) is 2.69. The Morgan fingerprint density at radius 2 is 1.79 bits per heavy atom. The molecule has 0 saturated carbocycles. The lowest BCUT2D eigenvalue weighted by molar-refractivity contribution is -0.140. The molecule has 7 nitrogen and oxygen atoms in total. The Kier molecular flexibility index (Phi) is 6.10. The molecule has 1 heterocycles. The number of thiazole rings is 1. The Morgan fingerprint density at radius 3 is 2.50 bits per heavy atom. The molecule has 0 aliphatic carbocycles. The van der Waals surface area contributed by atoms with E-state index < -0.39 is 0 Å². The number of methoxy groups -OCH3 is 3. The average molecular weight is 400 g/mol. The van der Waals surface area contributed by atoms with Gasteiger partial charge in [-0.3, -0.25) is 9.59 Å². The van der Waals surface area contributed by atoms with Gasteiger partial charge in [-0.1, -0.05) is 17.4 Å². The molecule has 0 bridgehead atoms. The number of hydrogen-bond acceptors (Lipinski definition) is 6. The van der Waals surface area contributed by atoms with Gasteiger partial charge < -0.3 is 18.8 Å². The van der Waals surface area contributed by atoms with Crippen LogP contribution in [0, 0.1) is 0 Å². The van der Waals surface area contributed by atoms with Crippen molar-refractivity contribution in [2.45, 2.75) is 13.0 Å². The number of carbonyl (C=O) groups excluding carboxylic acids is 2. The van der Waals surface area contributed by atoms with Gasteiger partial charge in [-0.2, -0.15) is 4.99 Å². The van der Waals surface area contributed by atoms with Crippen molar-refractivity contribution in [3.05, 3.63) is 52.8 Å². The minimum absolute atomic E-state index is 0.175. The molecule has 146 valence electrons. The van der Waals surface area contributed by atoms with Crippen molar-refractivity contribution in [1.29, 1.82) is 0 Å². The molecule has 1 aromatic heterocycles. The molecule has 0 aliphatic heterocycles. The van der Waals surface area contributed by atoms with Gasteiger partial charge >= 0.3 is 5.97 Å². The Hall–Kier alpha value is -3.13. The highest BCUT2D eigenvalue weighted by Gasteiger charge is 2.12. The number of nitrogens with zero attached hydrogens (tertiary/aromatic N) is 2. The van der Waals surface area contributed by atoms with Crippen LogP contribution in [0.3, 0.4) is 0 Å². The van der Waals surface area contributed by atoms with Crippen LogP contribution in [-0.4, -0.2) is 37.8 Å². The van der Waals surface area contributed by atoms with E-state index in [2.05, 4.69) is 4.99 Å². The number of rotatable bonds is 6. The Labute approximate surface area is 165 Å². The van der Waals surface area contributed by atoms with E-state index in [9.17, 15) is 9.59 Å². The summed E-state index contributed by atoms with van der Waals surface area (Å²) < 4.78 is 17.9. The predicted octanol–water partition coefficient (Wildman–Crippen LogP) is 3.02. The summed E-state index contributed by atoms with van der Waals surface area (Å²) >= 11 is 1.36. The second-order valence-electron chi connectivity index (χ2n) is 5.84. The highest BCUT2D eigenvalue weighted by atomic mass is 32.1. The molecule has 0 atom stereocenters. The van der Waals surface area contributed by atoms with Gasteiger partial charge in [-0.15, -0.1) is 0 Å². The SMILES string of the molecule is COC(=O)CCn1c(=NC(=O)c2cccc(OC)c2)sc2cc(OC)ccc21. The molecule has 0 N–H and O–H groups in total. The lowest BCUT2D eigenvalue weighted by atomic mass is 10.2. The molecule has 1 amide bonds. The standard InChI is InChI=1S/C20H20N2O5S/c1-25-14-6-4-5-13(11-14)19(24)21-20-22(10-9-18(23)27-3)16-8-7-15(26-2)12-17(16)28-20/h4-8,11-12H,9-10H2,1-3H3. The largest absolute Gasteiger partial charge is 0.497 e. The van der Waals surface area contributed by atoms with E-state index in [0.29, 0.717) is 28.4 Å². The lowest BCUT2D eigenvalue weighted by Crippen LogP contribution is -2.19. The average Bonchev–Trinajstić information content (AvgIpc) is 3.07. The summed E-state index contributed by atoms with van der Waals surface area (Å²) in [6, 6.07) is 12.4. The quantitative estimate of drug-likeness (QED) is 0.594. The van der Waals surface area contributed by atoms with Gasteiger partial charge in [0.25, 0.3) is 5.91 Å². The molecule has 0 radical (unpaired) electrons. The van der Waals surface area contributed by atoms with Crippen LogP contribution < -0.4 is 14.3 Å². The van der Waals surface area contributed by atoms with Gasteiger partial charge in [0.15, 0.2) is 4.80 Å². The fraction of sp³-hybridized carbons (Fsp3) is 0.250. The van der Waals surface area contributed by atoms with Gasteiger partial charge in [0, 0.05) is 12.1 Å². The van der Waals surface area contributed by atoms with Crippen LogP contribution >= 0.6 is 11.3 Å². The minimum Gasteiger partial charge on any atom is -0.497 e. The first-order chi connectivity index (χ1) is 13.5. The third-order valence-electron chi connectivity index (χ3n) is 4.17. The molecular weight excluding hydrogens is 380 g/mol. The number of carbonyl (C=O) groups is 2. The van der Waals surface area contributed by atoms with Crippen molar-refractivity contribution in [2.24, 2.45) is 4.99 Å². The summed E-state index contributed by atoms with van der Waals surface area (Å²) in [7, 11) is 4.49. The van der Waals surface area contributed by atoms with Crippen molar-refractivity contribution in [3.8, 4) is 11.5 Å². The summed E-state index contributed by atoms with van der Waals surface area (Å²) in [6.45, 7) is 0.350. The molecule has 0 spiro atoms. The van der Waals surface area contributed by atoms with Crippen molar-refractivity contribution < 1.29 is 23.8 Å². The molecule has 28 heavy (non-hydrogen) atoms. The molecule has 3 rings (SSSR count). The van der Waals surface area contributed by atoms with Crippen LogP contribution in [0.1, 0.15) is 16.8 Å². The zero-order valence-electron chi connectivity index (χ0n) is 15.8. The van der Waals surface area contributed by atoms with E-state index in [1.54, 1.807) is 38.5 Å². The number of benzene rings is 2. The third-order valence-corrected chi connectivity index (χ3v) is 5.21. The third kappa shape index (κ3) is 4.23. The van der Waals surface area contributed by atoms with E-state index in [0.717, 1.165) is 10.2 Å². The van der Waals surface area contributed by atoms with E-state index in [-0.39, 0.29) is 18.3 Å². The Balaban J connectivity index is 2.07. The fourth-order valence-corrected chi connectivity index (χ4v) is 3.78. The Morgan fingerprint density at radius 1 is 1.04 bits per heavy atom. The van der Waals surface area contributed by atoms with Crippen LogP contribution in [0.4, 0.5) is 0 Å². The number of aromatic nitrogens is 1. The zero-order valence-corrected chi connectivity index (χ0v) is 16.6. The smallest absolute Gasteiger partial charge is 0.307 e. The van der Waals surface area contributed by atoms with Crippen LogP contribution in [0.5, 0.6) is 11.5 Å². The molecule has 0 fully saturated rings. The monoisotopic (exact) mass is 400 g/mol. The second kappa shape index (κ2) is 8.71. The van der Waals surface area contributed by atoms with E-state index >= 15 is 0 Å². The minimum atomic E-state index is -0.385. The second-order valence-corrected chi connectivity index (χ2v) is 6.85. The van der Waals surface area contributed by atoms with Crippen LogP contribution in [-0.2, 0) is 16.1 Å². The molecule has 2 aromatic carbocycles. The van der Waals surface area contributed by atoms with Crippen molar-refractivity contribution in [3.63, 3.8) is 0 Å². The number of fused-ring (bicyclic) bond motifs is 1. The first-order valence-corrected chi connectivity index (χ1v) is 9.34. The maximum Gasteiger partial charge on any atom is 0.307 e. The molecule has 8 heteroatoms. The van der Waals surface area contributed by atoms with Crippen molar-refractivity contribution >= 4 is 33.4 Å². The number of aryl methyl sites for hydroxylation is 1. The van der Waals surface area contributed by atoms with Gasteiger partial charge in [-0.05, 0) is 36.4 Å². The maximum atomic E-state index is 12.7. The van der Waals surface area contributed by atoms with Gasteiger partial charge in [0.05, 0.1) is 38.0 Å². The van der Waals surface area contributed by atoms with E-state index in [1.165, 1.54) is 18.4 Å². The first-order valence-electron chi connectivity index (χ1n) is 8.53. The van der Waals surface area contributed by atoms with E-state index in [1.807, 2.05) is 22.8 Å². The highest BCUT2D eigenvalue weighted by Crippen LogP contribution is 2.23. The molecular formula is C20H20N2O5S. The van der Waals surface area contributed by atoms with Crippen LogP contribution in [0.15, 0.2) is 47.5 Å². The topological polar surface area (TPSA) is 79.1 Å². The molecule has 0 unspecified atom stereocenters. The summed E-state index contributed by atoms with van der Waals surface area (Å²) in [5.41, 5.74) is 1.29. The summed E-state index contributed by atoms with van der Waals surface area (Å²) in [4.78, 5) is 29.1. The number of esters is 1. The van der Waals surface area contributed by atoms with Crippen LogP contribution in [0.2, 0.25) is 0 Å². The maximum absolute atomic E-state index is 12.7. The van der Waals surface area contributed by atoms with E-state index in [4.69, 9.17) is 14.2 Å². The summed E-state index contributed by atoms with van der Waals surface area (Å²) in [5, 5.41) is 0. The molecule has 0 saturated heterocycles. The number of hydrogen-bond donors (Lipinski definition) is 0. The van der Waals surface area contributed by atoms with Crippen molar-refractivity contribution in [2.75, 3.05) is 21.3 Å². The van der Waals surface area contributed by atoms with Gasteiger partial charge in [0.1, 0.15) is 11.5 Å². The van der Waals surface area contributed by atoms with Crippen LogP contribution in [0.25, 0.3) is 10.2 Å². The van der Waals surface area contributed by atoms with Crippen molar-refractivity contribution in [1.82, 2.24) is 4.57 Å². The summed E-state index contributed by atoms with van der Waals surface area (Å²) in [5.74, 6) is 0.579. The highest BCUT2D eigenvalue weighted by molar-refractivity contribution is 7.16. The summed E-state index contributed by atoms with van der Waals surface area (Å²) in [6.07, 6.45) is 0.175. The predicted molar refractivity (Wildman–Crippen MR) is 106 cm³/mol. The molecule has 3 aromatic rings. The number of amides is 1.